The number of aromatic carboxylic acids is 1. The van der Waals surface area contributed by atoms with Gasteiger partial charge in [0.15, 0.2) is 11.6 Å². The molecule has 2 N–H and O–H groups in total. The Morgan fingerprint density at radius 1 is 1.10 bits per heavy atom. The molecule has 0 spiro atoms. The number of benzene rings is 1. The van der Waals surface area contributed by atoms with E-state index in [0.717, 1.165) is 18.5 Å². The topological polar surface area (TPSA) is 105 Å². The largest absolute Gasteiger partial charge is 0.478 e. The summed E-state index contributed by atoms with van der Waals surface area (Å²) < 4.78 is 46.9. The number of ether oxygens (including phenoxy) is 1. The van der Waals surface area contributed by atoms with Gasteiger partial charge in [0.25, 0.3) is 0 Å². The van der Waals surface area contributed by atoms with E-state index in [4.69, 9.17) is 9.84 Å². The normalized spacial score (nSPS) is 18.7. The first-order valence-corrected chi connectivity index (χ1v) is 9.39. The molecule has 2 heterocycles. The van der Waals surface area contributed by atoms with Crippen LogP contribution in [0.2, 0.25) is 0 Å². The van der Waals surface area contributed by atoms with E-state index in [1.807, 2.05) is 0 Å². The predicted octanol–water partition coefficient (Wildman–Crippen LogP) is 3.09. The first kappa shape index (κ1) is 22.3. The number of carboxylic acid groups (broad SMARTS) is 1. The van der Waals surface area contributed by atoms with Gasteiger partial charge < -0.3 is 20.1 Å². The zero-order valence-corrected chi connectivity index (χ0v) is 17.0. The number of amides is 1. The van der Waals surface area contributed by atoms with Gasteiger partial charge >= 0.3 is 12.1 Å². The minimum absolute atomic E-state index is 0.0644. The summed E-state index contributed by atoms with van der Waals surface area (Å²) in [7, 11) is 0. The van der Waals surface area contributed by atoms with Gasteiger partial charge in [0.1, 0.15) is 11.4 Å². The number of anilines is 1. The van der Waals surface area contributed by atoms with Crippen molar-refractivity contribution in [3.8, 4) is 0 Å². The average Bonchev–Trinajstić information content (AvgIpc) is 3.06. The molecule has 0 saturated carbocycles. The smallest absolute Gasteiger partial charge is 0.407 e. The van der Waals surface area contributed by atoms with Crippen LogP contribution in [0.4, 0.5) is 23.9 Å². The van der Waals surface area contributed by atoms with Crippen molar-refractivity contribution in [2.45, 2.75) is 38.3 Å². The fourth-order valence-corrected chi connectivity index (χ4v) is 3.30. The summed E-state index contributed by atoms with van der Waals surface area (Å²) in [6.45, 7) is 5.21. The second-order valence-electron chi connectivity index (χ2n) is 8.13. The van der Waals surface area contributed by atoms with Gasteiger partial charge in [0.2, 0.25) is 5.95 Å². The molecule has 11 heteroatoms. The molecule has 1 fully saturated rings. The highest BCUT2D eigenvalue weighted by Crippen LogP contribution is 2.32. The Bertz CT molecular complexity index is 995. The second-order valence-corrected chi connectivity index (χ2v) is 8.13. The van der Waals surface area contributed by atoms with Gasteiger partial charge in [0.05, 0.1) is 11.6 Å². The minimum atomic E-state index is -1.32. The number of hydrogen-bond acceptors (Lipinski definition) is 6. The Labute approximate surface area is 176 Å². The van der Waals surface area contributed by atoms with Crippen LogP contribution in [0.5, 0.6) is 0 Å². The summed E-state index contributed by atoms with van der Waals surface area (Å²) in [6, 6.07) is 0.476. The lowest BCUT2D eigenvalue weighted by Gasteiger charge is -2.24. The molecule has 3 rings (SSSR count). The van der Waals surface area contributed by atoms with Crippen LogP contribution in [-0.2, 0) is 4.74 Å². The molecule has 166 valence electrons. The third-order valence-corrected chi connectivity index (χ3v) is 4.63. The van der Waals surface area contributed by atoms with E-state index in [2.05, 4.69) is 15.3 Å². The first-order chi connectivity index (χ1) is 14.4. The molecule has 0 unspecified atom stereocenters. The van der Waals surface area contributed by atoms with Crippen LogP contribution in [0, 0.1) is 17.5 Å². The predicted molar refractivity (Wildman–Crippen MR) is 103 cm³/mol. The fourth-order valence-electron chi connectivity index (χ4n) is 3.30. The van der Waals surface area contributed by atoms with Crippen LogP contribution in [0.3, 0.4) is 0 Å². The number of carboxylic acids is 1. The number of nitrogens with one attached hydrogen (secondary N) is 1. The Hall–Kier alpha value is -3.37. The van der Waals surface area contributed by atoms with Crippen LogP contribution in [-0.4, -0.2) is 51.9 Å². The quantitative estimate of drug-likeness (QED) is 0.707. The van der Waals surface area contributed by atoms with Crippen molar-refractivity contribution in [3.63, 3.8) is 0 Å². The molecule has 1 aliphatic heterocycles. The van der Waals surface area contributed by atoms with E-state index in [1.54, 1.807) is 25.7 Å². The number of carbonyl (C=O) groups is 2. The molecule has 8 nitrogen and oxygen atoms in total. The van der Waals surface area contributed by atoms with Crippen LogP contribution in [0.1, 0.15) is 42.6 Å². The molecule has 1 saturated heterocycles. The maximum atomic E-state index is 14.5. The summed E-state index contributed by atoms with van der Waals surface area (Å²) in [6.07, 6.45) is 1.48. The number of halogens is 3. The summed E-state index contributed by atoms with van der Waals surface area (Å²) >= 11 is 0. The highest BCUT2D eigenvalue weighted by Gasteiger charge is 2.38. The average molecular weight is 438 g/mol. The summed E-state index contributed by atoms with van der Waals surface area (Å²) in [4.78, 5) is 32.9. The number of hydrogen-bond donors (Lipinski definition) is 2. The SMILES string of the molecule is CC(C)(C)OC(=O)N[C@H]1CN(c2ncc(C(=O)O)cn2)C[C@@H]1c1cc(F)c(F)cc1F. The van der Waals surface area contributed by atoms with Gasteiger partial charge in [-0.2, -0.15) is 0 Å². The number of nitrogens with zero attached hydrogens (tertiary/aromatic N) is 3. The molecular weight excluding hydrogens is 417 g/mol. The molecule has 1 aliphatic rings. The van der Waals surface area contributed by atoms with Crippen molar-refractivity contribution in [2.75, 3.05) is 18.0 Å². The van der Waals surface area contributed by atoms with Gasteiger partial charge in [-0.1, -0.05) is 0 Å². The van der Waals surface area contributed by atoms with Crippen molar-refractivity contribution < 1.29 is 32.6 Å². The lowest BCUT2D eigenvalue weighted by molar-refractivity contribution is 0.0504. The molecule has 1 amide bonds. The van der Waals surface area contributed by atoms with Crippen molar-refractivity contribution >= 4 is 18.0 Å². The second kappa shape index (κ2) is 8.40. The third-order valence-electron chi connectivity index (χ3n) is 4.63. The van der Waals surface area contributed by atoms with E-state index in [-0.39, 0.29) is 30.2 Å². The molecule has 2 atom stereocenters. The molecule has 2 aromatic rings. The van der Waals surface area contributed by atoms with E-state index in [9.17, 15) is 22.8 Å². The monoisotopic (exact) mass is 438 g/mol. The van der Waals surface area contributed by atoms with Gasteiger partial charge in [-0.05, 0) is 32.4 Å². The molecular formula is C20H21F3N4O4. The van der Waals surface area contributed by atoms with Gasteiger partial charge in [-0.3, -0.25) is 0 Å². The maximum absolute atomic E-state index is 14.5. The van der Waals surface area contributed by atoms with Crippen LogP contribution in [0.25, 0.3) is 0 Å². The van der Waals surface area contributed by atoms with E-state index >= 15 is 0 Å². The highest BCUT2D eigenvalue weighted by atomic mass is 19.2. The van der Waals surface area contributed by atoms with Gasteiger partial charge in [-0.25, -0.2) is 32.7 Å². The number of alkyl carbamates (subject to hydrolysis) is 1. The molecule has 1 aromatic carbocycles. The zero-order chi connectivity index (χ0) is 22.9. The Kier molecular flexibility index (Phi) is 6.05. The summed E-state index contributed by atoms with van der Waals surface area (Å²) in [5, 5.41) is 11.6. The minimum Gasteiger partial charge on any atom is -0.478 e. The van der Waals surface area contributed by atoms with E-state index in [1.165, 1.54) is 0 Å². The van der Waals surface area contributed by atoms with Crippen LogP contribution in [0.15, 0.2) is 24.5 Å². The lowest BCUT2D eigenvalue weighted by atomic mass is 9.93. The van der Waals surface area contributed by atoms with Crippen molar-refractivity contribution in [1.82, 2.24) is 15.3 Å². The van der Waals surface area contributed by atoms with E-state index < -0.39 is 47.1 Å². The van der Waals surface area contributed by atoms with Crippen LogP contribution >= 0.6 is 0 Å². The van der Waals surface area contributed by atoms with Crippen molar-refractivity contribution in [1.29, 1.82) is 0 Å². The molecule has 0 aliphatic carbocycles. The molecule has 0 radical (unpaired) electrons. The van der Waals surface area contributed by atoms with E-state index in [0.29, 0.717) is 6.07 Å². The Balaban J connectivity index is 1.90. The third kappa shape index (κ3) is 5.22. The number of aromatic nitrogens is 2. The summed E-state index contributed by atoms with van der Waals surface area (Å²) in [5.74, 6) is -5.31. The summed E-state index contributed by atoms with van der Waals surface area (Å²) in [5.41, 5.74) is -1.01. The fraction of sp³-hybridized carbons (Fsp3) is 0.400. The Morgan fingerprint density at radius 3 is 2.29 bits per heavy atom. The maximum Gasteiger partial charge on any atom is 0.407 e. The van der Waals surface area contributed by atoms with Gasteiger partial charge in [0, 0.05) is 37.5 Å². The van der Waals surface area contributed by atoms with Crippen molar-refractivity contribution in [2.24, 2.45) is 0 Å². The highest BCUT2D eigenvalue weighted by molar-refractivity contribution is 5.86. The Morgan fingerprint density at radius 2 is 1.71 bits per heavy atom. The van der Waals surface area contributed by atoms with Crippen LogP contribution < -0.4 is 10.2 Å². The molecule has 1 aromatic heterocycles. The number of carbonyl (C=O) groups excluding carboxylic acids is 1. The first-order valence-electron chi connectivity index (χ1n) is 9.39. The number of rotatable bonds is 4. The van der Waals surface area contributed by atoms with Crippen molar-refractivity contribution in [3.05, 3.63) is 53.1 Å². The molecule has 31 heavy (non-hydrogen) atoms. The van der Waals surface area contributed by atoms with Gasteiger partial charge in [-0.15, -0.1) is 0 Å². The standard InChI is InChI=1S/C20H21F3N4O4/c1-20(2,3)31-19(30)26-16-9-27(18-24-6-10(7-25-18)17(28)29)8-12(16)11-4-14(22)15(23)5-13(11)21/h4-7,12,16H,8-9H2,1-3H3,(H,26,30)(H,28,29)/t12-,16+/m1/s1. The zero-order valence-electron chi connectivity index (χ0n) is 17.0. The molecule has 0 bridgehead atoms. The lowest BCUT2D eigenvalue weighted by Crippen LogP contribution is -2.43.